The molecule has 6 nitrogen and oxygen atoms in total. The van der Waals surface area contributed by atoms with Crippen LogP contribution < -0.4 is 0 Å². The van der Waals surface area contributed by atoms with Gasteiger partial charge in [0.1, 0.15) is 6.07 Å². The number of rotatable bonds is 4. The Morgan fingerprint density at radius 2 is 1.89 bits per heavy atom. The third-order valence-electron chi connectivity index (χ3n) is 3.71. The zero-order valence-electron chi connectivity index (χ0n) is 14.5. The summed E-state index contributed by atoms with van der Waals surface area (Å²) in [5, 5.41) is 12.8. The van der Waals surface area contributed by atoms with Crippen LogP contribution in [0.2, 0.25) is 0 Å². The number of aromatic nitrogens is 3. The molecule has 0 unspecified atom stereocenters. The van der Waals surface area contributed by atoms with Crippen LogP contribution in [-0.2, 0) is 10.9 Å². The number of benzene rings is 2. The number of esters is 1. The maximum Gasteiger partial charge on any atom is 0.416 e. The molecule has 0 aliphatic heterocycles. The van der Waals surface area contributed by atoms with Gasteiger partial charge in [-0.3, -0.25) is 0 Å². The molecule has 3 aromatic rings. The lowest BCUT2D eigenvalue weighted by Gasteiger charge is -2.10. The zero-order chi connectivity index (χ0) is 20.3. The van der Waals surface area contributed by atoms with E-state index in [1.165, 1.54) is 19.1 Å². The maximum atomic E-state index is 13.1. The topological polar surface area (TPSA) is 80.8 Å². The number of hydrogen-bond donors (Lipinski definition) is 0. The number of carbonyl (C=O) groups is 1. The van der Waals surface area contributed by atoms with Gasteiger partial charge in [-0.05, 0) is 25.1 Å². The van der Waals surface area contributed by atoms with Gasteiger partial charge in [-0.25, -0.2) is 14.5 Å². The first kappa shape index (κ1) is 19.1. The fourth-order valence-electron chi connectivity index (χ4n) is 2.41. The van der Waals surface area contributed by atoms with Crippen molar-refractivity contribution in [2.24, 2.45) is 0 Å². The van der Waals surface area contributed by atoms with Crippen molar-refractivity contribution in [3.05, 3.63) is 66.0 Å². The Kier molecular flexibility index (Phi) is 5.13. The van der Waals surface area contributed by atoms with Crippen LogP contribution in [0.15, 0.2) is 54.6 Å². The molecule has 142 valence electrons. The van der Waals surface area contributed by atoms with Crippen molar-refractivity contribution in [3.8, 4) is 23.1 Å². The maximum absolute atomic E-state index is 13.1. The van der Waals surface area contributed by atoms with Crippen molar-refractivity contribution < 1.29 is 22.7 Å². The highest BCUT2D eigenvalue weighted by Crippen LogP contribution is 2.31. The molecular formula is C19H13F3N4O2. The van der Waals surface area contributed by atoms with E-state index < -0.39 is 23.8 Å². The Labute approximate surface area is 157 Å². The lowest BCUT2D eigenvalue weighted by atomic mass is 10.2. The largest absolute Gasteiger partial charge is 0.441 e. The van der Waals surface area contributed by atoms with E-state index in [2.05, 4.69) is 10.1 Å². The van der Waals surface area contributed by atoms with Gasteiger partial charge in [0.2, 0.25) is 0 Å². The molecule has 1 heterocycles. The van der Waals surface area contributed by atoms with Gasteiger partial charge in [-0.1, -0.05) is 36.4 Å². The second kappa shape index (κ2) is 7.52. The van der Waals surface area contributed by atoms with E-state index in [0.717, 1.165) is 16.8 Å². The number of halogens is 3. The van der Waals surface area contributed by atoms with Gasteiger partial charge in [-0.15, -0.1) is 5.10 Å². The summed E-state index contributed by atoms with van der Waals surface area (Å²) in [5.74, 6) is -1.15. The summed E-state index contributed by atoms with van der Waals surface area (Å²) in [4.78, 5) is 16.3. The molecule has 0 N–H and O–H groups in total. The fraction of sp³-hybridized carbons (Fsp3) is 0.158. The van der Waals surface area contributed by atoms with E-state index in [1.807, 2.05) is 0 Å². The Morgan fingerprint density at radius 3 is 2.54 bits per heavy atom. The molecule has 3 rings (SSSR count). The Bertz CT molecular complexity index is 1040. The second-order valence-corrected chi connectivity index (χ2v) is 5.76. The average Bonchev–Trinajstić information content (AvgIpc) is 3.13. The standard InChI is InChI=1S/C19H13F3N4O2/c1-12(11-23)28-18(27)16-24-17(13-6-3-2-4-7-13)26(25-16)15-9-5-8-14(10-15)19(20,21)22/h2-10,12H,1H3/t12-/m0/s1. The van der Waals surface area contributed by atoms with Crippen molar-refractivity contribution >= 4 is 5.97 Å². The van der Waals surface area contributed by atoms with Crippen molar-refractivity contribution in [1.82, 2.24) is 14.8 Å². The van der Waals surface area contributed by atoms with Gasteiger partial charge in [0.25, 0.3) is 5.82 Å². The molecule has 2 aromatic carbocycles. The molecule has 0 radical (unpaired) electrons. The molecule has 0 bridgehead atoms. The van der Waals surface area contributed by atoms with Crippen molar-refractivity contribution in [2.75, 3.05) is 0 Å². The molecule has 0 spiro atoms. The third-order valence-corrected chi connectivity index (χ3v) is 3.71. The molecular weight excluding hydrogens is 373 g/mol. The van der Waals surface area contributed by atoms with Crippen molar-refractivity contribution in [2.45, 2.75) is 19.2 Å². The number of alkyl halides is 3. The highest BCUT2D eigenvalue weighted by atomic mass is 19.4. The number of hydrogen-bond acceptors (Lipinski definition) is 5. The van der Waals surface area contributed by atoms with E-state index in [1.54, 1.807) is 36.4 Å². The summed E-state index contributed by atoms with van der Waals surface area (Å²) >= 11 is 0. The van der Waals surface area contributed by atoms with Crippen LogP contribution in [0, 0.1) is 11.3 Å². The summed E-state index contributed by atoms with van der Waals surface area (Å²) in [6.45, 7) is 1.37. The minimum absolute atomic E-state index is 0.0774. The average molecular weight is 386 g/mol. The minimum atomic E-state index is -4.53. The Hall–Kier alpha value is -3.67. The first-order chi connectivity index (χ1) is 13.3. The van der Waals surface area contributed by atoms with Crippen LogP contribution >= 0.6 is 0 Å². The lowest BCUT2D eigenvalue weighted by molar-refractivity contribution is -0.137. The van der Waals surface area contributed by atoms with Crippen LogP contribution in [0.5, 0.6) is 0 Å². The van der Waals surface area contributed by atoms with Gasteiger partial charge in [0, 0.05) is 5.56 Å². The van der Waals surface area contributed by atoms with Crippen LogP contribution in [0.1, 0.15) is 23.1 Å². The van der Waals surface area contributed by atoms with Gasteiger partial charge in [-0.2, -0.15) is 18.4 Å². The summed E-state index contributed by atoms with van der Waals surface area (Å²) in [7, 11) is 0. The molecule has 0 fully saturated rings. The molecule has 1 aromatic heterocycles. The van der Waals surface area contributed by atoms with Gasteiger partial charge in [0.05, 0.1) is 11.3 Å². The molecule has 0 amide bonds. The zero-order valence-corrected chi connectivity index (χ0v) is 14.5. The normalized spacial score (nSPS) is 12.2. The smallest absolute Gasteiger partial charge is 0.416 e. The van der Waals surface area contributed by atoms with E-state index in [-0.39, 0.29) is 17.3 Å². The molecule has 9 heteroatoms. The highest BCUT2D eigenvalue weighted by molar-refractivity contribution is 5.86. The fourth-order valence-corrected chi connectivity index (χ4v) is 2.41. The van der Waals surface area contributed by atoms with Crippen LogP contribution in [-0.4, -0.2) is 26.8 Å². The molecule has 0 saturated carbocycles. The summed E-state index contributed by atoms with van der Waals surface area (Å²) in [5.41, 5.74) is -0.241. The summed E-state index contributed by atoms with van der Waals surface area (Å²) in [6, 6.07) is 14.8. The first-order valence-corrected chi connectivity index (χ1v) is 8.10. The van der Waals surface area contributed by atoms with Crippen LogP contribution in [0.3, 0.4) is 0 Å². The van der Waals surface area contributed by atoms with E-state index in [9.17, 15) is 18.0 Å². The number of ether oxygens (including phenoxy) is 1. The van der Waals surface area contributed by atoms with E-state index in [0.29, 0.717) is 5.56 Å². The van der Waals surface area contributed by atoms with Gasteiger partial charge >= 0.3 is 12.1 Å². The Morgan fingerprint density at radius 1 is 1.18 bits per heavy atom. The molecule has 1 atom stereocenters. The summed E-state index contributed by atoms with van der Waals surface area (Å²) in [6.07, 6.45) is -5.55. The van der Waals surface area contributed by atoms with E-state index in [4.69, 9.17) is 10.00 Å². The third kappa shape index (κ3) is 4.01. The predicted molar refractivity (Wildman–Crippen MR) is 92.3 cm³/mol. The molecule has 0 aliphatic rings. The number of carbonyl (C=O) groups excluding carboxylic acids is 1. The quantitative estimate of drug-likeness (QED) is 0.633. The molecule has 0 saturated heterocycles. The second-order valence-electron chi connectivity index (χ2n) is 5.76. The Balaban J connectivity index is 2.12. The lowest BCUT2D eigenvalue weighted by Crippen LogP contribution is -2.14. The minimum Gasteiger partial charge on any atom is -0.441 e. The first-order valence-electron chi connectivity index (χ1n) is 8.10. The van der Waals surface area contributed by atoms with Gasteiger partial charge < -0.3 is 4.74 Å². The van der Waals surface area contributed by atoms with Crippen molar-refractivity contribution in [3.63, 3.8) is 0 Å². The van der Waals surface area contributed by atoms with E-state index >= 15 is 0 Å². The predicted octanol–water partition coefficient (Wildman–Crippen LogP) is 4.02. The molecule has 28 heavy (non-hydrogen) atoms. The highest BCUT2D eigenvalue weighted by Gasteiger charge is 2.31. The summed E-state index contributed by atoms with van der Waals surface area (Å²) < 4.78 is 45.2. The number of nitrogens with zero attached hydrogens (tertiary/aromatic N) is 4. The van der Waals surface area contributed by atoms with Crippen molar-refractivity contribution in [1.29, 1.82) is 5.26 Å². The van der Waals surface area contributed by atoms with Crippen LogP contribution in [0.4, 0.5) is 13.2 Å². The SMILES string of the molecule is C[C@@H](C#N)OC(=O)c1nc(-c2ccccc2)n(-c2cccc(C(F)(F)F)c2)n1. The molecule has 0 aliphatic carbocycles. The van der Waals surface area contributed by atoms with Gasteiger partial charge in [0.15, 0.2) is 11.9 Å². The monoisotopic (exact) mass is 386 g/mol. The van der Waals surface area contributed by atoms with Crippen LogP contribution in [0.25, 0.3) is 17.1 Å². The number of nitriles is 1.